The fraction of sp³-hybridized carbons (Fsp3) is 0.632. The summed E-state index contributed by atoms with van der Waals surface area (Å²) in [6.45, 7) is 13.0. The highest BCUT2D eigenvalue weighted by molar-refractivity contribution is 5.95. The van der Waals surface area contributed by atoms with Crippen LogP contribution in [0.4, 0.5) is 0 Å². The Morgan fingerprint density at radius 1 is 1.31 bits per heavy atom. The zero-order valence-corrected chi connectivity index (χ0v) is 16.2. The number of carbonyl (C=O) groups is 1. The zero-order valence-electron chi connectivity index (χ0n) is 16.2. The van der Waals surface area contributed by atoms with Crippen molar-refractivity contribution in [1.29, 1.82) is 0 Å². The van der Waals surface area contributed by atoms with E-state index >= 15 is 0 Å². The fourth-order valence-electron chi connectivity index (χ4n) is 3.73. The van der Waals surface area contributed by atoms with Crippen LogP contribution in [0.5, 0.6) is 0 Å². The predicted octanol–water partition coefficient (Wildman–Crippen LogP) is 2.21. The average molecular weight is 359 g/mol. The summed E-state index contributed by atoms with van der Waals surface area (Å²) in [5, 5.41) is 4.27. The Morgan fingerprint density at radius 2 is 2.12 bits per heavy atom. The summed E-state index contributed by atoms with van der Waals surface area (Å²) in [6.07, 6.45) is 6.49. The SMILES string of the molecule is CCOC(=O)c1cnn2cc(CN3CCN(C(C)C)[C@H](CC)C3)cnc12. The van der Waals surface area contributed by atoms with Crippen molar-refractivity contribution in [2.24, 2.45) is 0 Å². The van der Waals surface area contributed by atoms with E-state index in [1.807, 2.05) is 12.4 Å². The smallest absolute Gasteiger partial charge is 0.343 e. The van der Waals surface area contributed by atoms with E-state index in [0.717, 1.165) is 38.2 Å². The molecule has 3 heterocycles. The van der Waals surface area contributed by atoms with Crippen molar-refractivity contribution in [2.75, 3.05) is 26.2 Å². The first-order chi connectivity index (χ1) is 12.5. The van der Waals surface area contributed by atoms with Gasteiger partial charge in [0.1, 0.15) is 5.56 Å². The third kappa shape index (κ3) is 3.88. The molecule has 0 aliphatic carbocycles. The van der Waals surface area contributed by atoms with Gasteiger partial charge in [0.15, 0.2) is 5.65 Å². The summed E-state index contributed by atoms with van der Waals surface area (Å²) in [7, 11) is 0. The van der Waals surface area contributed by atoms with Crippen molar-refractivity contribution < 1.29 is 9.53 Å². The van der Waals surface area contributed by atoms with Gasteiger partial charge in [-0.1, -0.05) is 6.92 Å². The molecule has 1 aliphatic heterocycles. The quantitative estimate of drug-likeness (QED) is 0.737. The Balaban J connectivity index is 1.71. The topological polar surface area (TPSA) is 63.0 Å². The maximum absolute atomic E-state index is 11.9. The average Bonchev–Trinajstić information content (AvgIpc) is 3.05. The maximum atomic E-state index is 11.9. The van der Waals surface area contributed by atoms with Gasteiger partial charge in [-0.15, -0.1) is 0 Å². The molecule has 1 saturated heterocycles. The summed E-state index contributed by atoms with van der Waals surface area (Å²) >= 11 is 0. The van der Waals surface area contributed by atoms with Gasteiger partial charge in [0.25, 0.3) is 0 Å². The first kappa shape index (κ1) is 18.8. The van der Waals surface area contributed by atoms with E-state index < -0.39 is 0 Å². The zero-order chi connectivity index (χ0) is 18.7. The number of hydrogen-bond acceptors (Lipinski definition) is 6. The van der Waals surface area contributed by atoms with Crippen LogP contribution in [0.3, 0.4) is 0 Å². The number of aromatic nitrogens is 3. The summed E-state index contributed by atoms with van der Waals surface area (Å²) in [5.74, 6) is -0.377. The van der Waals surface area contributed by atoms with Crippen molar-refractivity contribution in [2.45, 2.75) is 52.7 Å². The molecule has 1 fully saturated rings. The highest BCUT2D eigenvalue weighted by Gasteiger charge is 2.27. The van der Waals surface area contributed by atoms with E-state index in [2.05, 4.69) is 40.7 Å². The van der Waals surface area contributed by atoms with Crippen LogP contribution in [-0.2, 0) is 11.3 Å². The molecule has 0 saturated carbocycles. The molecule has 0 radical (unpaired) electrons. The summed E-state index contributed by atoms with van der Waals surface area (Å²) in [4.78, 5) is 21.5. The first-order valence-corrected chi connectivity index (χ1v) is 9.51. The second-order valence-corrected chi connectivity index (χ2v) is 7.14. The fourth-order valence-corrected chi connectivity index (χ4v) is 3.73. The number of esters is 1. The van der Waals surface area contributed by atoms with Crippen molar-refractivity contribution in [3.05, 3.63) is 29.7 Å². The van der Waals surface area contributed by atoms with Gasteiger partial charge in [-0.2, -0.15) is 5.10 Å². The van der Waals surface area contributed by atoms with Crippen molar-refractivity contribution >= 4 is 11.6 Å². The standard InChI is InChI=1S/C19H29N5O2/c1-5-16-13-22(7-8-23(16)14(3)4)11-15-9-20-18-17(19(25)26-6-2)10-21-24(18)12-15/h9-10,12,14,16H,5-8,11,13H2,1-4H3/t16-/m1/s1. The summed E-state index contributed by atoms with van der Waals surface area (Å²) < 4.78 is 6.72. The van der Waals surface area contributed by atoms with Crippen LogP contribution in [0.2, 0.25) is 0 Å². The lowest BCUT2D eigenvalue weighted by Gasteiger charge is -2.43. The Hall–Kier alpha value is -1.99. The Kier molecular flexibility index (Phi) is 5.88. The van der Waals surface area contributed by atoms with Gasteiger partial charge in [-0.25, -0.2) is 14.3 Å². The molecule has 0 N–H and O–H groups in total. The van der Waals surface area contributed by atoms with Crippen LogP contribution in [0.25, 0.3) is 5.65 Å². The molecule has 2 aromatic heterocycles. The molecule has 0 aromatic carbocycles. The lowest BCUT2D eigenvalue weighted by molar-refractivity contribution is 0.0455. The molecular formula is C19H29N5O2. The van der Waals surface area contributed by atoms with Crippen molar-refractivity contribution in [1.82, 2.24) is 24.4 Å². The predicted molar refractivity (Wildman–Crippen MR) is 100 cm³/mol. The Labute approximate surface area is 154 Å². The van der Waals surface area contributed by atoms with Gasteiger partial charge in [-0.3, -0.25) is 9.80 Å². The van der Waals surface area contributed by atoms with Crippen LogP contribution in [0, 0.1) is 0 Å². The Morgan fingerprint density at radius 3 is 2.81 bits per heavy atom. The van der Waals surface area contributed by atoms with Crippen molar-refractivity contribution in [3.63, 3.8) is 0 Å². The molecule has 3 rings (SSSR count). The van der Waals surface area contributed by atoms with E-state index in [1.165, 1.54) is 6.20 Å². The second-order valence-electron chi connectivity index (χ2n) is 7.14. The summed E-state index contributed by atoms with van der Waals surface area (Å²) in [6, 6.07) is 1.19. The van der Waals surface area contributed by atoms with Crippen LogP contribution in [-0.4, -0.2) is 68.7 Å². The molecule has 2 aromatic rings. The normalized spacial score (nSPS) is 19.3. The van der Waals surface area contributed by atoms with Crippen LogP contribution >= 0.6 is 0 Å². The number of ether oxygens (including phenoxy) is 1. The molecule has 0 spiro atoms. The van der Waals surface area contributed by atoms with Gasteiger partial charge in [0.2, 0.25) is 0 Å². The summed E-state index contributed by atoms with van der Waals surface area (Å²) in [5.41, 5.74) is 2.06. The number of rotatable bonds is 6. The highest BCUT2D eigenvalue weighted by atomic mass is 16.5. The van der Waals surface area contributed by atoms with Gasteiger partial charge in [0, 0.05) is 56.2 Å². The number of piperazine rings is 1. The lowest BCUT2D eigenvalue weighted by atomic mass is 10.1. The van der Waals surface area contributed by atoms with Crippen molar-refractivity contribution in [3.8, 4) is 0 Å². The maximum Gasteiger partial charge on any atom is 0.343 e. The number of hydrogen-bond donors (Lipinski definition) is 0. The molecule has 1 aliphatic rings. The van der Waals surface area contributed by atoms with E-state index in [4.69, 9.17) is 4.74 Å². The third-order valence-electron chi connectivity index (χ3n) is 5.06. The van der Waals surface area contributed by atoms with Gasteiger partial charge < -0.3 is 4.74 Å². The molecule has 7 nitrogen and oxygen atoms in total. The Bertz CT molecular complexity index is 757. The highest BCUT2D eigenvalue weighted by Crippen LogP contribution is 2.18. The molecule has 0 bridgehead atoms. The first-order valence-electron chi connectivity index (χ1n) is 9.51. The largest absolute Gasteiger partial charge is 0.462 e. The van der Waals surface area contributed by atoms with Gasteiger partial charge in [0.05, 0.1) is 12.8 Å². The minimum absolute atomic E-state index is 0.342. The van der Waals surface area contributed by atoms with Crippen LogP contribution in [0.1, 0.15) is 50.0 Å². The number of carbonyl (C=O) groups excluding carboxylic acids is 1. The minimum Gasteiger partial charge on any atom is -0.462 e. The molecule has 0 amide bonds. The van der Waals surface area contributed by atoms with E-state index in [9.17, 15) is 4.79 Å². The molecular weight excluding hydrogens is 330 g/mol. The molecule has 7 heteroatoms. The number of fused-ring (bicyclic) bond motifs is 1. The second kappa shape index (κ2) is 8.14. The molecule has 142 valence electrons. The molecule has 26 heavy (non-hydrogen) atoms. The van der Waals surface area contributed by atoms with Gasteiger partial charge >= 0.3 is 5.97 Å². The minimum atomic E-state index is -0.377. The van der Waals surface area contributed by atoms with Crippen LogP contribution < -0.4 is 0 Å². The van der Waals surface area contributed by atoms with E-state index in [-0.39, 0.29) is 5.97 Å². The monoisotopic (exact) mass is 359 g/mol. The molecule has 0 unspecified atom stereocenters. The van der Waals surface area contributed by atoms with E-state index in [0.29, 0.717) is 29.9 Å². The van der Waals surface area contributed by atoms with Crippen LogP contribution in [0.15, 0.2) is 18.6 Å². The molecule has 1 atom stereocenters. The third-order valence-corrected chi connectivity index (χ3v) is 5.06. The van der Waals surface area contributed by atoms with Gasteiger partial charge in [-0.05, 0) is 27.2 Å². The lowest BCUT2D eigenvalue weighted by Crippen LogP contribution is -2.54. The number of nitrogens with zero attached hydrogens (tertiary/aromatic N) is 5. The van der Waals surface area contributed by atoms with E-state index in [1.54, 1.807) is 11.4 Å².